The Labute approximate surface area is 241 Å². The highest BCUT2D eigenvalue weighted by molar-refractivity contribution is 5.70. The minimum absolute atomic E-state index is 0.0390. The molecule has 3 aromatic rings. The van der Waals surface area contributed by atoms with Crippen LogP contribution in [-0.2, 0) is 11.9 Å². The molecule has 0 saturated carbocycles. The molecule has 1 N–H and O–H groups in total. The van der Waals surface area contributed by atoms with Gasteiger partial charge in [0.25, 0.3) is 0 Å². The number of methoxy groups -OCH3 is 1. The van der Waals surface area contributed by atoms with Gasteiger partial charge >= 0.3 is 0 Å². The second kappa shape index (κ2) is 12.1. The van der Waals surface area contributed by atoms with Gasteiger partial charge in [-0.1, -0.05) is 0 Å². The summed E-state index contributed by atoms with van der Waals surface area (Å²) in [6, 6.07) is 12.3. The third-order valence-corrected chi connectivity index (χ3v) is 8.61. The minimum atomic E-state index is -0.0428. The van der Waals surface area contributed by atoms with Crippen LogP contribution in [0.3, 0.4) is 0 Å². The molecule has 1 aromatic carbocycles. The lowest BCUT2D eigenvalue weighted by Gasteiger charge is -2.42. The van der Waals surface area contributed by atoms with E-state index in [9.17, 15) is 4.79 Å². The van der Waals surface area contributed by atoms with Crippen LogP contribution in [0.5, 0.6) is 5.75 Å². The molecular formula is C30H40N8O3. The maximum Gasteiger partial charge on any atom is 0.250 e. The lowest BCUT2D eigenvalue weighted by molar-refractivity contribution is 0.0982. The lowest BCUT2D eigenvalue weighted by atomic mass is 10.0. The number of likely N-dealkylation sites (N-methyl/N-ethyl adjacent to an activating group) is 1. The van der Waals surface area contributed by atoms with E-state index in [1.165, 1.54) is 51.0 Å². The number of piperazine rings is 1. The predicted molar refractivity (Wildman–Crippen MR) is 160 cm³/mol. The molecular weight excluding hydrogens is 520 g/mol. The number of hydroxylamine groups is 1. The van der Waals surface area contributed by atoms with E-state index in [1.807, 2.05) is 18.3 Å². The quantitative estimate of drug-likeness (QED) is 0.465. The predicted octanol–water partition coefficient (Wildman–Crippen LogP) is 3.03. The second-order valence-electron chi connectivity index (χ2n) is 11.2. The fraction of sp³-hybridized carbons (Fsp3) is 0.500. The highest BCUT2D eigenvalue weighted by Gasteiger charge is 2.30. The van der Waals surface area contributed by atoms with Gasteiger partial charge in [0.05, 0.1) is 25.4 Å². The fourth-order valence-electron chi connectivity index (χ4n) is 6.14. The van der Waals surface area contributed by atoms with Gasteiger partial charge in [0.15, 0.2) is 5.82 Å². The van der Waals surface area contributed by atoms with E-state index < -0.39 is 0 Å². The Morgan fingerprint density at radius 1 is 0.951 bits per heavy atom. The molecule has 0 unspecified atom stereocenters. The number of hydrogen-bond acceptors (Lipinski definition) is 10. The number of ether oxygens (including phenoxy) is 1. The van der Waals surface area contributed by atoms with E-state index in [-0.39, 0.29) is 11.6 Å². The van der Waals surface area contributed by atoms with Crippen molar-refractivity contribution in [3.63, 3.8) is 0 Å². The van der Waals surface area contributed by atoms with Crippen LogP contribution in [0.1, 0.15) is 30.9 Å². The van der Waals surface area contributed by atoms with Crippen LogP contribution in [0, 0.1) is 0 Å². The molecule has 1 atom stereocenters. The molecule has 3 saturated heterocycles. The van der Waals surface area contributed by atoms with Crippen LogP contribution in [0.2, 0.25) is 0 Å². The summed E-state index contributed by atoms with van der Waals surface area (Å²) in [5.74, 6) is 2.06. The third kappa shape index (κ3) is 6.02. The summed E-state index contributed by atoms with van der Waals surface area (Å²) in [6.45, 7) is 7.36. The Hall–Kier alpha value is -3.67. The summed E-state index contributed by atoms with van der Waals surface area (Å²) in [7, 11) is 5.67. The number of hydrogen-bond donors (Lipinski definition) is 1. The average Bonchev–Trinajstić information content (AvgIpc) is 3.50. The number of nitrogens with one attached hydrogen (secondary N) is 1. The van der Waals surface area contributed by atoms with Gasteiger partial charge in [0.2, 0.25) is 5.56 Å². The van der Waals surface area contributed by atoms with Crippen LogP contribution in [0.4, 0.5) is 23.0 Å². The van der Waals surface area contributed by atoms with Crippen LogP contribution in [-0.4, -0.2) is 90.4 Å². The van der Waals surface area contributed by atoms with Gasteiger partial charge in [-0.2, -0.15) is 0 Å². The molecule has 0 bridgehead atoms. The Morgan fingerprint density at radius 2 is 1.76 bits per heavy atom. The van der Waals surface area contributed by atoms with Crippen LogP contribution >= 0.6 is 0 Å². The summed E-state index contributed by atoms with van der Waals surface area (Å²) in [6.07, 6.45) is 6.56. The van der Waals surface area contributed by atoms with E-state index in [0.717, 1.165) is 36.5 Å². The lowest BCUT2D eigenvalue weighted by Crippen LogP contribution is -2.52. The average molecular weight is 561 g/mol. The number of benzene rings is 1. The molecule has 6 rings (SSSR count). The fourth-order valence-corrected chi connectivity index (χ4v) is 6.14. The topological polar surface area (TPSA) is 91.2 Å². The molecule has 0 amide bonds. The Morgan fingerprint density at radius 3 is 2.51 bits per heavy atom. The molecule has 5 heterocycles. The molecule has 218 valence electrons. The number of pyridine rings is 1. The van der Waals surface area contributed by atoms with E-state index >= 15 is 0 Å². The van der Waals surface area contributed by atoms with Crippen molar-refractivity contribution in [1.82, 2.24) is 24.3 Å². The third-order valence-electron chi connectivity index (χ3n) is 8.61. The zero-order chi connectivity index (χ0) is 28.3. The molecule has 3 fully saturated rings. The molecule has 2 aromatic heterocycles. The Kier molecular flexibility index (Phi) is 8.09. The first-order valence-electron chi connectivity index (χ1n) is 14.5. The van der Waals surface area contributed by atoms with Gasteiger partial charge in [-0.3, -0.25) is 14.5 Å². The Balaban J connectivity index is 1.13. The van der Waals surface area contributed by atoms with Gasteiger partial charge in [0, 0.05) is 88.9 Å². The molecule has 11 nitrogen and oxygen atoms in total. The van der Waals surface area contributed by atoms with Crippen molar-refractivity contribution in [2.75, 3.05) is 75.3 Å². The molecule has 11 heteroatoms. The number of aromatic nitrogens is 3. The minimum Gasteiger partial charge on any atom is -0.494 e. The smallest absolute Gasteiger partial charge is 0.250 e. The van der Waals surface area contributed by atoms with E-state index in [0.29, 0.717) is 24.3 Å². The summed E-state index contributed by atoms with van der Waals surface area (Å²) < 4.78 is 7.38. The zero-order valence-corrected chi connectivity index (χ0v) is 24.2. The molecule has 0 spiro atoms. The monoisotopic (exact) mass is 560 g/mol. The standard InChI is InChI=1S/C30H40N8O3/c1-34-13-15-37(16-14-34)23-8-11-36(12-9-23)24-5-6-25(27(18-24)40-3)33-28-19-29(32-21-31-28)38-26(10-17-41-38)22-4-7-30(39)35(2)20-22/h4-7,18-21,23,26H,8-17H2,1-3H3,(H,31,32,33)/t26-/m0/s1. The first-order chi connectivity index (χ1) is 20.0. The first kappa shape index (κ1) is 27.5. The van der Waals surface area contributed by atoms with Crippen LogP contribution in [0.25, 0.3) is 0 Å². The number of rotatable bonds is 7. The number of aryl methyl sites for hydroxylation is 1. The number of anilines is 4. The largest absolute Gasteiger partial charge is 0.494 e. The van der Waals surface area contributed by atoms with Crippen molar-refractivity contribution in [3.05, 3.63) is 64.8 Å². The highest BCUT2D eigenvalue weighted by Crippen LogP contribution is 2.36. The van der Waals surface area contributed by atoms with E-state index in [1.54, 1.807) is 29.9 Å². The van der Waals surface area contributed by atoms with Gasteiger partial charge in [-0.15, -0.1) is 0 Å². The number of piperidine rings is 1. The van der Waals surface area contributed by atoms with Crippen molar-refractivity contribution < 1.29 is 9.57 Å². The van der Waals surface area contributed by atoms with Gasteiger partial charge in [-0.25, -0.2) is 15.0 Å². The van der Waals surface area contributed by atoms with Crippen LogP contribution < -0.4 is 25.6 Å². The maximum atomic E-state index is 11.9. The Bertz CT molecular complexity index is 1400. The molecule has 0 radical (unpaired) electrons. The summed E-state index contributed by atoms with van der Waals surface area (Å²) in [5.41, 5.74) is 2.98. The van der Waals surface area contributed by atoms with Crippen LogP contribution in [0.15, 0.2) is 53.7 Å². The summed E-state index contributed by atoms with van der Waals surface area (Å²) in [4.78, 5) is 34.3. The van der Waals surface area contributed by atoms with Gasteiger partial charge < -0.3 is 24.4 Å². The van der Waals surface area contributed by atoms with Crippen molar-refractivity contribution in [3.8, 4) is 5.75 Å². The number of nitrogens with zero attached hydrogens (tertiary/aromatic N) is 7. The maximum absolute atomic E-state index is 11.9. The SMILES string of the molecule is COc1cc(N2CCC(N3CCN(C)CC3)CC2)ccc1Nc1cc(N2OCC[C@H]2c2ccc(=O)n(C)c2)ncn1. The zero-order valence-electron chi connectivity index (χ0n) is 24.2. The van der Waals surface area contributed by atoms with Crippen molar-refractivity contribution >= 4 is 23.0 Å². The second-order valence-corrected chi connectivity index (χ2v) is 11.2. The molecule has 41 heavy (non-hydrogen) atoms. The van der Waals surface area contributed by atoms with E-state index in [4.69, 9.17) is 9.57 Å². The van der Waals surface area contributed by atoms with Gasteiger partial charge in [-0.05, 0) is 43.7 Å². The van der Waals surface area contributed by atoms with Gasteiger partial charge in [0.1, 0.15) is 17.9 Å². The van der Waals surface area contributed by atoms with Crippen molar-refractivity contribution in [2.45, 2.75) is 31.3 Å². The summed E-state index contributed by atoms with van der Waals surface area (Å²) >= 11 is 0. The first-order valence-corrected chi connectivity index (χ1v) is 14.5. The van der Waals surface area contributed by atoms with Crippen molar-refractivity contribution in [2.24, 2.45) is 7.05 Å². The molecule has 3 aliphatic rings. The molecule has 3 aliphatic heterocycles. The molecule has 0 aliphatic carbocycles. The normalized spacial score (nSPS) is 20.9. The van der Waals surface area contributed by atoms with E-state index in [2.05, 4.69) is 55.2 Å². The van der Waals surface area contributed by atoms with Crippen molar-refractivity contribution in [1.29, 1.82) is 0 Å². The summed E-state index contributed by atoms with van der Waals surface area (Å²) in [5, 5.41) is 5.21. The highest BCUT2D eigenvalue weighted by atomic mass is 16.7.